The maximum atomic E-state index is 4.92. The van der Waals surface area contributed by atoms with E-state index in [-0.39, 0.29) is 0 Å². The average molecular weight is 430 g/mol. The predicted octanol–water partition coefficient (Wildman–Crippen LogP) is 2.46. The van der Waals surface area contributed by atoms with Gasteiger partial charge in [-0.05, 0) is 23.6 Å². The highest BCUT2D eigenvalue weighted by atomic mass is 15.4. The summed E-state index contributed by atoms with van der Waals surface area (Å²) in [4.78, 5) is 12.1. The monoisotopic (exact) mass is 429 g/mol. The topological polar surface area (TPSA) is 88.2 Å². The van der Waals surface area contributed by atoms with Crippen LogP contribution in [0.1, 0.15) is 30.9 Å². The van der Waals surface area contributed by atoms with Crippen LogP contribution in [0.4, 0.5) is 11.9 Å². The van der Waals surface area contributed by atoms with E-state index in [4.69, 9.17) is 9.97 Å². The van der Waals surface area contributed by atoms with Gasteiger partial charge in [0.05, 0.1) is 11.9 Å². The quantitative estimate of drug-likeness (QED) is 0.487. The smallest absolute Gasteiger partial charge is 0.230 e. The van der Waals surface area contributed by atoms with Gasteiger partial charge in [0.25, 0.3) is 0 Å². The van der Waals surface area contributed by atoms with Crippen LogP contribution in [0.3, 0.4) is 0 Å². The lowest BCUT2D eigenvalue weighted by Gasteiger charge is -2.55. The summed E-state index contributed by atoms with van der Waals surface area (Å²) in [5.74, 6) is 1.82. The number of para-hydroxylation sites is 1. The minimum atomic E-state index is 0.335. The van der Waals surface area contributed by atoms with Crippen LogP contribution in [-0.4, -0.2) is 55.5 Å². The molecule has 0 aliphatic carbocycles. The number of hydrogen-bond acceptors (Lipinski definition) is 7. The van der Waals surface area contributed by atoms with Crippen LogP contribution in [0.25, 0.3) is 11.3 Å². The highest BCUT2D eigenvalue weighted by Gasteiger charge is 2.48. The summed E-state index contributed by atoms with van der Waals surface area (Å²) in [6, 6.07) is 10.2. The molecule has 0 bridgehead atoms. The first-order valence-electron chi connectivity index (χ1n) is 11.2. The molecule has 2 N–H and O–H groups in total. The second-order valence-corrected chi connectivity index (χ2v) is 9.23. The van der Waals surface area contributed by atoms with Gasteiger partial charge in [-0.3, -0.25) is 0 Å². The van der Waals surface area contributed by atoms with E-state index >= 15 is 0 Å². The second-order valence-electron chi connectivity index (χ2n) is 9.23. The Bertz CT molecular complexity index is 1250. The fourth-order valence-electron chi connectivity index (χ4n) is 4.62. The molecule has 9 heteroatoms. The third kappa shape index (κ3) is 3.12. The second kappa shape index (κ2) is 7.30. The van der Waals surface area contributed by atoms with Gasteiger partial charge in [0.2, 0.25) is 11.9 Å². The van der Waals surface area contributed by atoms with E-state index in [0.717, 1.165) is 54.6 Å². The van der Waals surface area contributed by atoms with E-state index in [1.54, 1.807) is 6.20 Å². The van der Waals surface area contributed by atoms with Gasteiger partial charge in [0.15, 0.2) is 5.65 Å². The number of nitrogens with one attached hydrogen (secondary N) is 2. The molecule has 2 fully saturated rings. The molecule has 2 aliphatic heterocycles. The molecule has 1 spiro atoms. The third-order valence-corrected chi connectivity index (χ3v) is 6.52. The van der Waals surface area contributed by atoms with Gasteiger partial charge in [0.1, 0.15) is 0 Å². The number of hydrogen-bond donors (Lipinski definition) is 2. The van der Waals surface area contributed by atoms with Crippen molar-refractivity contribution in [2.75, 3.05) is 36.4 Å². The lowest BCUT2D eigenvalue weighted by atomic mass is 9.75. The van der Waals surface area contributed by atoms with Crippen LogP contribution >= 0.6 is 0 Å². The molecule has 0 amide bonds. The van der Waals surface area contributed by atoms with Crippen LogP contribution in [0.5, 0.6) is 0 Å². The largest absolute Gasteiger partial charge is 0.350 e. The molecule has 0 atom stereocenters. The van der Waals surface area contributed by atoms with Crippen LogP contribution in [0.2, 0.25) is 0 Å². The Morgan fingerprint density at radius 1 is 1.09 bits per heavy atom. The number of nitrogens with zero attached hydrogens (tertiary/aromatic N) is 7. The van der Waals surface area contributed by atoms with Crippen molar-refractivity contribution in [3.05, 3.63) is 60.0 Å². The lowest BCUT2D eigenvalue weighted by molar-refractivity contribution is 0.119. The minimum absolute atomic E-state index is 0.335. The van der Waals surface area contributed by atoms with Gasteiger partial charge >= 0.3 is 0 Å². The molecule has 164 valence electrons. The molecule has 5 heterocycles. The molecule has 0 unspecified atom stereocenters. The maximum Gasteiger partial charge on any atom is 0.230 e. The Kier molecular flexibility index (Phi) is 4.39. The number of aromatic nitrogens is 6. The summed E-state index contributed by atoms with van der Waals surface area (Å²) in [6.45, 7) is 9.13. The standard InChI is InChI=1S/C23H27N9/c1-16(2)18-11-27-32-20(18)28-22(30-14-23(15-30)12-24-13-23)29-21(32)25-10-17-6-3-4-7-19(17)31-9-5-8-26-31/h3-9,11,16,24H,10,12-15H2,1-2H3,(H,25,28,29). The van der Waals surface area contributed by atoms with Crippen LogP contribution in [-0.2, 0) is 6.54 Å². The van der Waals surface area contributed by atoms with Crippen molar-refractivity contribution in [3.8, 4) is 5.69 Å². The Morgan fingerprint density at radius 2 is 1.94 bits per heavy atom. The minimum Gasteiger partial charge on any atom is -0.350 e. The van der Waals surface area contributed by atoms with Gasteiger partial charge < -0.3 is 15.5 Å². The van der Waals surface area contributed by atoms with Crippen molar-refractivity contribution < 1.29 is 0 Å². The molecular weight excluding hydrogens is 402 g/mol. The van der Waals surface area contributed by atoms with E-state index in [1.165, 1.54) is 0 Å². The van der Waals surface area contributed by atoms with Crippen molar-refractivity contribution in [3.63, 3.8) is 0 Å². The molecule has 1 aromatic carbocycles. The van der Waals surface area contributed by atoms with E-state index in [9.17, 15) is 0 Å². The molecule has 4 aromatic rings. The lowest BCUT2D eigenvalue weighted by Crippen LogP contribution is -2.71. The number of rotatable bonds is 6. The first-order valence-corrected chi connectivity index (χ1v) is 11.2. The summed E-state index contributed by atoms with van der Waals surface area (Å²) in [7, 11) is 0. The predicted molar refractivity (Wildman–Crippen MR) is 123 cm³/mol. The van der Waals surface area contributed by atoms with Gasteiger partial charge in [-0.25, -0.2) is 4.68 Å². The highest BCUT2D eigenvalue weighted by molar-refractivity contribution is 5.57. The molecule has 0 radical (unpaired) electrons. The molecule has 2 saturated heterocycles. The summed E-state index contributed by atoms with van der Waals surface area (Å²) in [5, 5.41) is 15.9. The molecule has 3 aromatic heterocycles. The van der Waals surface area contributed by atoms with E-state index < -0.39 is 0 Å². The Morgan fingerprint density at radius 3 is 2.66 bits per heavy atom. The molecule has 2 aliphatic rings. The molecular formula is C23H27N9. The van der Waals surface area contributed by atoms with Crippen molar-refractivity contribution in [2.24, 2.45) is 5.41 Å². The zero-order chi connectivity index (χ0) is 21.7. The van der Waals surface area contributed by atoms with Crippen molar-refractivity contribution in [1.82, 2.24) is 34.7 Å². The Labute approximate surface area is 186 Å². The van der Waals surface area contributed by atoms with Crippen molar-refractivity contribution >= 4 is 17.5 Å². The highest BCUT2D eigenvalue weighted by Crippen LogP contribution is 2.36. The van der Waals surface area contributed by atoms with E-state index in [2.05, 4.69) is 51.7 Å². The van der Waals surface area contributed by atoms with Crippen molar-refractivity contribution in [1.29, 1.82) is 0 Å². The average Bonchev–Trinajstić information content (AvgIpc) is 3.40. The third-order valence-electron chi connectivity index (χ3n) is 6.52. The fourth-order valence-corrected chi connectivity index (χ4v) is 4.62. The van der Waals surface area contributed by atoms with Crippen molar-refractivity contribution in [2.45, 2.75) is 26.3 Å². The normalized spacial score (nSPS) is 17.0. The fraction of sp³-hybridized carbons (Fsp3) is 0.391. The summed E-state index contributed by atoms with van der Waals surface area (Å²) in [5.41, 5.74) is 4.59. The van der Waals surface area contributed by atoms with E-state index in [0.29, 0.717) is 23.8 Å². The van der Waals surface area contributed by atoms with Gasteiger partial charge in [-0.2, -0.15) is 24.7 Å². The van der Waals surface area contributed by atoms with Gasteiger partial charge in [-0.1, -0.05) is 32.0 Å². The molecule has 0 saturated carbocycles. The first kappa shape index (κ1) is 19.2. The Hall–Kier alpha value is -3.46. The molecule has 9 nitrogen and oxygen atoms in total. The molecule has 32 heavy (non-hydrogen) atoms. The zero-order valence-corrected chi connectivity index (χ0v) is 18.4. The summed E-state index contributed by atoms with van der Waals surface area (Å²) >= 11 is 0. The van der Waals surface area contributed by atoms with Crippen LogP contribution in [0.15, 0.2) is 48.9 Å². The van der Waals surface area contributed by atoms with Gasteiger partial charge in [0, 0.05) is 56.1 Å². The SMILES string of the molecule is CC(C)c1cnn2c(NCc3ccccc3-n3cccn3)nc(N3CC4(CNC4)C3)nc12. The zero-order valence-electron chi connectivity index (χ0n) is 18.4. The van der Waals surface area contributed by atoms with E-state index in [1.807, 2.05) is 39.8 Å². The molecule has 6 rings (SSSR count). The summed E-state index contributed by atoms with van der Waals surface area (Å²) < 4.78 is 3.71. The van der Waals surface area contributed by atoms with Crippen LogP contribution < -0.4 is 15.5 Å². The Balaban J connectivity index is 1.33. The number of anilines is 2. The number of fused-ring (bicyclic) bond motifs is 1. The van der Waals surface area contributed by atoms with Crippen LogP contribution in [0, 0.1) is 5.41 Å². The maximum absolute atomic E-state index is 4.92. The van der Waals surface area contributed by atoms with Gasteiger partial charge in [-0.15, -0.1) is 0 Å². The summed E-state index contributed by atoms with van der Waals surface area (Å²) in [6.07, 6.45) is 5.66. The first-order chi connectivity index (χ1) is 15.6. The number of benzene rings is 1.